The van der Waals surface area contributed by atoms with E-state index in [-0.39, 0.29) is 0 Å². The van der Waals surface area contributed by atoms with E-state index in [1.54, 1.807) is 24.6 Å². The summed E-state index contributed by atoms with van der Waals surface area (Å²) in [5, 5.41) is 13.9. The number of aliphatic hydroxyl groups is 1. The van der Waals surface area contributed by atoms with Crippen LogP contribution >= 0.6 is 15.9 Å². The van der Waals surface area contributed by atoms with Crippen LogP contribution in [0.2, 0.25) is 0 Å². The molecule has 0 atom stereocenters. The molecule has 0 aliphatic carbocycles. The topological polar surface area (TPSA) is 50.4 Å². The van der Waals surface area contributed by atoms with Crippen LogP contribution in [0.5, 0.6) is 0 Å². The lowest BCUT2D eigenvalue weighted by Crippen LogP contribution is -2.17. The molecule has 0 radical (unpaired) electrons. The van der Waals surface area contributed by atoms with Crippen LogP contribution in [-0.2, 0) is 5.60 Å². The Morgan fingerprint density at radius 3 is 2.86 bits per heavy atom. The van der Waals surface area contributed by atoms with Crippen LogP contribution in [-0.4, -0.2) is 19.7 Å². The number of rotatable bonds is 1. The summed E-state index contributed by atoms with van der Waals surface area (Å²) in [5.41, 5.74) is -0.283. The highest BCUT2D eigenvalue weighted by atomic mass is 79.9. The molecule has 0 amide bonds. The number of fused-ring (bicyclic) bond motifs is 1. The first kappa shape index (κ1) is 9.61. The third-order valence-electron chi connectivity index (χ3n) is 1.85. The van der Waals surface area contributed by atoms with E-state index >= 15 is 0 Å². The first-order valence-corrected chi connectivity index (χ1v) is 5.01. The van der Waals surface area contributed by atoms with Gasteiger partial charge in [-0.1, -0.05) is 15.9 Å². The zero-order chi connectivity index (χ0) is 10.3. The van der Waals surface area contributed by atoms with Crippen molar-refractivity contribution in [3.05, 3.63) is 28.6 Å². The molecule has 2 rings (SSSR count). The highest BCUT2D eigenvalue weighted by Gasteiger charge is 2.21. The van der Waals surface area contributed by atoms with E-state index in [0.717, 1.165) is 10.1 Å². The molecule has 14 heavy (non-hydrogen) atoms. The molecule has 0 saturated carbocycles. The fourth-order valence-corrected chi connectivity index (χ4v) is 1.44. The van der Waals surface area contributed by atoms with Gasteiger partial charge in [0.15, 0.2) is 11.5 Å². The van der Waals surface area contributed by atoms with Crippen molar-refractivity contribution in [1.29, 1.82) is 0 Å². The van der Waals surface area contributed by atoms with E-state index in [9.17, 15) is 5.11 Å². The summed E-state index contributed by atoms with van der Waals surface area (Å²) >= 11 is 3.35. The summed E-state index contributed by atoms with van der Waals surface area (Å²) in [6.45, 7) is 3.33. The Morgan fingerprint density at radius 2 is 2.21 bits per heavy atom. The van der Waals surface area contributed by atoms with Gasteiger partial charge in [0.05, 0.1) is 0 Å². The summed E-state index contributed by atoms with van der Waals surface area (Å²) in [5.74, 6) is 0.426. The molecule has 1 N–H and O–H groups in total. The molecule has 0 bridgehead atoms. The van der Waals surface area contributed by atoms with Gasteiger partial charge in [0.25, 0.3) is 0 Å². The zero-order valence-corrected chi connectivity index (χ0v) is 9.48. The largest absolute Gasteiger partial charge is 0.382 e. The SMILES string of the molecule is CC(C)(O)c1nc2cc(Br)ccn2n1. The molecular formula is C9H10BrN3O. The fourth-order valence-electron chi connectivity index (χ4n) is 1.12. The first-order chi connectivity index (χ1) is 6.47. The molecule has 0 spiro atoms. The van der Waals surface area contributed by atoms with E-state index < -0.39 is 5.60 Å². The number of hydrogen-bond donors (Lipinski definition) is 1. The number of hydrogen-bond acceptors (Lipinski definition) is 3. The maximum Gasteiger partial charge on any atom is 0.182 e. The molecule has 5 heteroatoms. The minimum Gasteiger partial charge on any atom is -0.382 e. The Balaban J connectivity index is 2.63. The molecule has 0 unspecified atom stereocenters. The van der Waals surface area contributed by atoms with Crippen LogP contribution in [0.3, 0.4) is 0 Å². The van der Waals surface area contributed by atoms with Crippen molar-refractivity contribution in [3.63, 3.8) is 0 Å². The Labute approximate surface area is 89.7 Å². The molecule has 0 aliphatic rings. The normalized spacial score (nSPS) is 12.3. The van der Waals surface area contributed by atoms with E-state index in [2.05, 4.69) is 26.0 Å². The molecule has 0 saturated heterocycles. The minimum atomic E-state index is -1.00. The molecule has 0 aromatic carbocycles. The predicted molar refractivity (Wildman–Crippen MR) is 55.9 cm³/mol. The second-order valence-corrected chi connectivity index (χ2v) is 4.56. The Hall–Kier alpha value is -0.940. The van der Waals surface area contributed by atoms with Crippen LogP contribution in [0.15, 0.2) is 22.8 Å². The Kier molecular flexibility index (Phi) is 2.08. The minimum absolute atomic E-state index is 0.426. The van der Waals surface area contributed by atoms with E-state index in [4.69, 9.17) is 0 Å². The van der Waals surface area contributed by atoms with Crippen molar-refractivity contribution in [2.75, 3.05) is 0 Å². The summed E-state index contributed by atoms with van der Waals surface area (Å²) < 4.78 is 2.58. The molecular weight excluding hydrogens is 246 g/mol. The molecule has 0 aliphatic heterocycles. The maximum atomic E-state index is 9.71. The molecule has 2 aromatic heterocycles. The van der Waals surface area contributed by atoms with Crippen molar-refractivity contribution >= 4 is 21.6 Å². The van der Waals surface area contributed by atoms with E-state index in [1.807, 2.05) is 12.1 Å². The highest BCUT2D eigenvalue weighted by Crippen LogP contribution is 2.18. The number of nitrogens with zero attached hydrogens (tertiary/aromatic N) is 3. The standard InChI is InChI=1S/C9H10BrN3O/c1-9(2,14)8-11-7-5-6(10)3-4-13(7)12-8/h3-5,14H,1-2H3. The van der Waals surface area contributed by atoms with Gasteiger partial charge in [-0.2, -0.15) is 0 Å². The van der Waals surface area contributed by atoms with Crippen molar-refractivity contribution in [3.8, 4) is 0 Å². The second-order valence-electron chi connectivity index (χ2n) is 3.64. The lowest BCUT2D eigenvalue weighted by atomic mass is 10.1. The lowest BCUT2D eigenvalue weighted by molar-refractivity contribution is 0.0690. The van der Waals surface area contributed by atoms with Gasteiger partial charge in [0, 0.05) is 10.7 Å². The lowest BCUT2D eigenvalue weighted by Gasteiger charge is -2.10. The maximum absolute atomic E-state index is 9.71. The number of pyridine rings is 1. The highest BCUT2D eigenvalue weighted by molar-refractivity contribution is 9.10. The molecule has 2 aromatic rings. The first-order valence-electron chi connectivity index (χ1n) is 4.21. The van der Waals surface area contributed by atoms with Gasteiger partial charge in [-0.15, -0.1) is 5.10 Å². The molecule has 4 nitrogen and oxygen atoms in total. The average molecular weight is 256 g/mol. The quantitative estimate of drug-likeness (QED) is 0.845. The van der Waals surface area contributed by atoms with Crippen molar-refractivity contribution in [2.45, 2.75) is 19.4 Å². The fraction of sp³-hybridized carbons (Fsp3) is 0.333. The predicted octanol–water partition coefficient (Wildman–Crippen LogP) is 1.72. The van der Waals surface area contributed by atoms with Crippen LogP contribution in [0, 0.1) is 0 Å². The van der Waals surface area contributed by atoms with E-state index in [0.29, 0.717) is 5.82 Å². The van der Waals surface area contributed by atoms with E-state index in [1.165, 1.54) is 0 Å². The van der Waals surface area contributed by atoms with Gasteiger partial charge in [-0.05, 0) is 26.0 Å². The van der Waals surface area contributed by atoms with Crippen LogP contribution in [0.25, 0.3) is 5.65 Å². The molecule has 74 valence electrons. The Morgan fingerprint density at radius 1 is 1.50 bits per heavy atom. The number of halogens is 1. The summed E-state index contributed by atoms with van der Waals surface area (Å²) in [7, 11) is 0. The second kappa shape index (κ2) is 3.03. The van der Waals surface area contributed by atoms with Crippen molar-refractivity contribution in [2.24, 2.45) is 0 Å². The summed E-state index contributed by atoms with van der Waals surface area (Å²) in [6, 6.07) is 3.72. The monoisotopic (exact) mass is 255 g/mol. The Bertz CT molecular complexity index is 472. The molecule has 2 heterocycles. The summed E-state index contributed by atoms with van der Waals surface area (Å²) in [4.78, 5) is 4.22. The van der Waals surface area contributed by atoms with Crippen LogP contribution in [0.4, 0.5) is 0 Å². The zero-order valence-electron chi connectivity index (χ0n) is 7.90. The third kappa shape index (κ3) is 1.65. The third-order valence-corrected chi connectivity index (χ3v) is 2.34. The average Bonchev–Trinajstić information content (AvgIpc) is 2.45. The van der Waals surface area contributed by atoms with Crippen molar-refractivity contribution in [1.82, 2.24) is 14.6 Å². The van der Waals surface area contributed by atoms with Crippen LogP contribution in [0.1, 0.15) is 19.7 Å². The molecule has 0 fully saturated rings. The van der Waals surface area contributed by atoms with Gasteiger partial charge in [-0.3, -0.25) is 0 Å². The van der Waals surface area contributed by atoms with Gasteiger partial charge in [0.2, 0.25) is 0 Å². The van der Waals surface area contributed by atoms with Crippen molar-refractivity contribution < 1.29 is 5.11 Å². The number of aromatic nitrogens is 3. The van der Waals surface area contributed by atoms with Crippen LogP contribution < -0.4 is 0 Å². The van der Waals surface area contributed by atoms with Gasteiger partial charge >= 0.3 is 0 Å². The smallest absolute Gasteiger partial charge is 0.182 e. The summed E-state index contributed by atoms with van der Waals surface area (Å²) in [6.07, 6.45) is 1.79. The van der Waals surface area contributed by atoms with Gasteiger partial charge in [-0.25, -0.2) is 9.50 Å². The van der Waals surface area contributed by atoms with Gasteiger partial charge < -0.3 is 5.11 Å². The van der Waals surface area contributed by atoms with Gasteiger partial charge in [0.1, 0.15) is 5.60 Å².